The summed E-state index contributed by atoms with van der Waals surface area (Å²) in [6, 6.07) is 0.865. The summed E-state index contributed by atoms with van der Waals surface area (Å²) in [5, 5.41) is 14.9. The number of thiazole rings is 1. The van der Waals surface area contributed by atoms with Crippen molar-refractivity contribution in [3.05, 3.63) is 28.5 Å². The van der Waals surface area contributed by atoms with Crippen molar-refractivity contribution >= 4 is 29.0 Å². The molecule has 2 aliphatic rings. The Morgan fingerprint density at radius 1 is 1.25 bits per heavy atom. The molecule has 220 valence electrons. The summed E-state index contributed by atoms with van der Waals surface area (Å²) in [6.45, 7) is 4.67. The highest BCUT2D eigenvalue weighted by Crippen LogP contribution is 2.53. The van der Waals surface area contributed by atoms with Crippen molar-refractivity contribution in [1.82, 2.24) is 20.2 Å². The zero-order chi connectivity index (χ0) is 29.5. The third kappa shape index (κ3) is 6.22. The van der Waals surface area contributed by atoms with Crippen molar-refractivity contribution in [2.45, 2.75) is 77.1 Å². The van der Waals surface area contributed by atoms with E-state index in [0.717, 1.165) is 36.4 Å². The number of carbonyl (C=O) groups is 2. The van der Waals surface area contributed by atoms with E-state index in [4.69, 9.17) is 0 Å². The molecule has 3 N–H and O–H groups in total. The summed E-state index contributed by atoms with van der Waals surface area (Å²) in [7, 11) is 0. The highest BCUT2D eigenvalue weighted by Gasteiger charge is 2.58. The van der Waals surface area contributed by atoms with Crippen LogP contribution in [0.1, 0.15) is 85.2 Å². The molecule has 0 aromatic carbocycles. The Balaban J connectivity index is 1.70. The fourth-order valence-electron chi connectivity index (χ4n) is 4.85. The lowest BCUT2D eigenvalue weighted by atomic mass is 9.68. The van der Waals surface area contributed by atoms with E-state index in [-0.39, 0.29) is 52.4 Å². The Morgan fingerprint density at radius 2 is 1.95 bits per heavy atom. The van der Waals surface area contributed by atoms with Crippen molar-refractivity contribution in [2.75, 3.05) is 25.0 Å². The highest BCUT2D eigenvalue weighted by atomic mass is 32.1. The van der Waals surface area contributed by atoms with Gasteiger partial charge in [-0.05, 0) is 52.5 Å². The van der Waals surface area contributed by atoms with Gasteiger partial charge in [0.25, 0.3) is 18.2 Å². The summed E-state index contributed by atoms with van der Waals surface area (Å²) in [5.74, 6) is -1.36. The van der Waals surface area contributed by atoms with Gasteiger partial charge in [-0.2, -0.15) is 13.2 Å². The number of rotatable bonds is 9. The third-order valence-corrected chi connectivity index (χ3v) is 8.54. The molecule has 3 heterocycles. The van der Waals surface area contributed by atoms with Crippen LogP contribution in [0.4, 0.5) is 27.8 Å². The van der Waals surface area contributed by atoms with Crippen LogP contribution in [-0.2, 0) is 0 Å². The molecule has 1 atom stereocenters. The van der Waals surface area contributed by atoms with Crippen molar-refractivity contribution < 1.29 is 36.6 Å². The second-order valence-corrected chi connectivity index (χ2v) is 12.1. The van der Waals surface area contributed by atoms with Crippen LogP contribution in [0, 0.1) is 5.41 Å². The predicted octanol–water partition coefficient (Wildman–Crippen LogP) is 5.41. The fraction of sp³-hybridized carbons (Fsp3) is 0.615. The van der Waals surface area contributed by atoms with Crippen LogP contribution in [0.2, 0.25) is 0 Å². The smallest absolute Gasteiger partial charge is 0.389 e. The lowest BCUT2D eigenvalue weighted by Crippen LogP contribution is -2.48. The molecular weight excluding hydrogens is 557 g/mol. The monoisotopic (exact) mass is 589 g/mol. The minimum Gasteiger partial charge on any atom is -0.389 e. The molecule has 1 aliphatic carbocycles. The Morgan fingerprint density at radius 3 is 2.48 bits per heavy atom. The number of hydrogen-bond acceptors (Lipinski definition) is 7. The summed E-state index contributed by atoms with van der Waals surface area (Å²) >= 11 is 0.736. The van der Waals surface area contributed by atoms with E-state index in [2.05, 4.69) is 20.6 Å². The van der Waals surface area contributed by atoms with Gasteiger partial charge in [-0.15, -0.1) is 11.3 Å². The first-order valence-electron chi connectivity index (χ1n) is 13.0. The van der Waals surface area contributed by atoms with Crippen molar-refractivity contribution in [3.63, 3.8) is 0 Å². The molecule has 1 unspecified atom stereocenters. The van der Waals surface area contributed by atoms with Gasteiger partial charge in [0, 0.05) is 43.0 Å². The molecule has 2 fully saturated rings. The summed E-state index contributed by atoms with van der Waals surface area (Å²) < 4.78 is 69.2. The number of aliphatic hydroxyl groups is 1. The van der Waals surface area contributed by atoms with Crippen LogP contribution in [0.25, 0.3) is 10.4 Å². The van der Waals surface area contributed by atoms with Gasteiger partial charge >= 0.3 is 6.18 Å². The van der Waals surface area contributed by atoms with Crippen molar-refractivity contribution in [2.24, 2.45) is 5.41 Å². The number of hydrogen-bond donors (Lipinski definition) is 3. The molecule has 2 aromatic heterocycles. The molecule has 2 amide bonds. The largest absolute Gasteiger partial charge is 0.396 e. The summed E-state index contributed by atoms with van der Waals surface area (Å²) in [5.41, 5.74) is -4.01. The SMILES string of the molecule is CC1CCCN1C(=O)c1nc(C(=O)NCC(C)(C)O)sc1-c1cnc(NCC2(C(F)(F)F)CCC2)cc1C(F)F. The van der Waals surface area contributed by atoms with E-state index in [1.54, 1.807) is 4.90 Å². The maximum absolute atomic E-state index is 14.3. The maximum Gasteiger partial charge on any atom is 0.396 e. The van der Waals surface area contributed by atoms with E-state index in [0.29, 0.717) is 13.0 Å². The molecule has 8 nitrogen and oxygen atoms in total. The molecule has 0 radical (unpaired) electrons. The van der Waals surface area contributed by atoms with Crippen molar-refractivity contribution in [1.29, 1.82) is 0 Å². The quantitative estimate of drug-likeness (QED) is 0.338. The van der Waals surface area contributed by atoms with E-state index in [9.17, 15) is 36.6 Å². The zero-order valence-electron chi connectivity index (χ0n) is 22.4. The number of amides is 2. The molecule has 4 rings (SSSR count). The normalized spacial score (nSPS) is 19.1. The standard InChI is InChI=1S/C26H32F5N5O3S/c1-14-6-4-9-36(14)23(38)18-19(40-22(35-18)21(37)34-12-24(2,3)39)16-11-32-17(10-15(16)20(27)28)33-13-25(7-5-8-25)26(29,30)31/h10-11,14,20,39H,4-9,12-13H2,1-3H3,(H,32,33)(H,34,37). The van der Waals surface area contributed by atoms with Gasteiger partial charge in [0.1, 0.15) is 11.5 Å². The Labute approximate surface area is 232 Å². The maximum atomic E-state index is 14.3. The van der Waals surface area contributed by atoms with Crippen LogP contribution in [0.5, 0.6) is 0 Å². The Bertz CT molecular complexity index is 1260. The molecule has 0 spiro atoms. The third-order valence-electron chi connectivity index (χ3n) is 7.45. The van der Waals surface area contributed by atoms with Gasteiger partial charge in [-0.1, -0.05) is 6.42 Å². The molecule has 14 heteroatoms. The van der Waals surface area contributed by atoms with Gasteiger partial charge in [0.05, 0.1) is 15.9 Å². The van der Waals surface area contributed by atoms with Crippen LogP contribution in [0.15, 0.2) is 12.3 Å². The predicted molar refractivity (Wildman–Crippen MR) is 139 cm³/mol. The van der Waals surface area contributed by atoms with Gasteiger partial charge in [0.15, 0.2) is 5.01 Å². The molecule has 0 bridgehead atoms. The molecule has 2 aromatic rings. The first-order valence-corrected chi connectivity index (χ1v) is 13.8. The lowest BCUT2D eigenvalue weighted by Gasteiger charge is -2.43. The number of nitrogens with one attached hydrogen (secondary N) is 2. The van der Waals surface area contributed by atoms with Crippen LogP contribution >= 0.6 is 11.3 Å². The average Bonchev–Trinajstić information content (AvgIpc) is 3.46. The Kier molecular flexibility index (Phi) is 8.42. The minimum atomic E-state index is -4.43. The molecule has 1 saturated heterocycles. The van der Waals surface area contributed by atoms with Gasteiger partial charge in [-0.25, -0.2) is 18.7 Å². The molecule has 1 aliphatic heterocycles. The number of pyridine rings is 1. The molecular formula is C26H32F5N5O3S. The number of alkyl halides is 5. The number of aromatic nitrogens is 2. The van der Waals surface area contributed by atoms with Gasteiger partial charge in [-0.3, -0.25) is 9.59 Å². The van der Waals surface area contributed by atoms with E-state index in [1.165, 1.54) is 13.8 Å². The Hall–Kier alpha value is -2.87. The number of halogens is 5. The van der Waals surface area contributed by atoms with Crippen LogP contribution in [-0.4, -0.2) is 69.2 Å². The van der Waals surface area contributed by atoms with Gasteiger partial charge < -0.3 is 20.6 Å². The number of carbonyl (C=O) groups excluding carboxylic acids is 2. The van der Waals surface area contributed by atoms with Crippen LogP contribution in [0.3, 0.4) is 0 Å². The average molecular weight is 590 g/mol. The lowest BCUT2D eigenvalue weighted by molar-refractivity contribution is -0.244. The molecule has 40 heavy (non-hydrogen) atoms. The zero-order valence-corrected chi connectivity index (χ0v) is 23.2. The fourth-order valence-corrected chi connectivity index (χ4v) is 5.85. The molecule has 1 saturated carbocycles. The van der Waals surface area contributed by atoms with Gasteiger partial charge in [0.2, 0.25) is 0 Å². The van der Waals surface area contributed by atoms with E-state index >= 15 is 0 Å². The minimum absolute atomic E-state index is 0.0117. The van der Waals surface area contributed by atoms with Crippen LogP contribution < -0.4 is 10.6 Å². The number of nitrogens with zero attached hydrogens (tertiary/aromatic N) is 3. The second kappa shape index (κ2) is 11.2. The van der Waals surface area contributed by atoms with E-state index in [1.807, 2.05) is 6.92 Å². The van der Waals surface area contributed by atoms with E-state index < -0.39 is 47.5 Å². The first kappa shape index (κ1) is 30.1. The topological polar surface area (TPSA) is 107 Å². The highest BCUT2D eigenvalue weighted by molar-refractivity contribution is 7.17. The summed E-state index contributed by atoms with van der Waals surface area (Å²) in [6.07, 6.45) is -4.58. The number of anilines is 1. The summed E-state index contributed by atoms with van der Waals surface area (Å²) in [4.78, 5) is 36.2. The van der Waals surface area contributed by atoms with Crippen molar-refractivity contribution in [3.8, 4) is 10.4 Å². The number of likely N-dealkylation sites (tertiary alicyclic amines) is 1. The second-order valence-electron chi connectivity index (χ2n) is 11.1. The first-order chi connectivity index (χ1) is 18.6.